The number of nitrogens with zero attached hydrogens (tertiary/aromatic N) is 7. The molecule has 11 rings (SSSR count). The predicted molar refractivity (Wildman–Crippen MR) is 276 cm³/mol. The topological polar surface area (TPSA) is 178 Å². The number of rotatable bonds is 8. The number of pyridine rings is 5. The maximum absolute atomic E-state index is 12.5. The van der Waals surface area contributed by atoms with Crippen molar-refractivity contribution >= 4 is 67.6 Å². The molecule has 0 aliphatic carbocycles. The van der Waals surface area contributed by atoms with Crippen LogP contribution in [0, 0.1) is 0 Å². The number of anilines is 3. The molecule has 3 amide bonds. The van der Waals surface area contributed by atoms with Gasteiger partial charge in [0, 0.05) is 52.8 Å². The number of amides is 3. The van der Waals surface area contributed by atoms with Gasteiger partial charge in [0.15, 0.2) is 5.82 Å². The average molecular weight is 915 g/mol. The van der Waals surface area contributed by atoms with E-state index in [0.717, 1.165) is 55.2 Å². The van der Waals surface area contributed by atoms with Crippen LogP contribution in [0.25, 0.3) is 66.7 Å². The van der Waals surface area contributed by atoms with Gasteiger partial charge in [-0.05, 0) is 95.7 Å². The van der Waals surface area contributed by atoms with Crippen LogP contribution >= 0.6 is 0 Å². The molecule has 0 bridgehead atoms. The molecule has 0 atom stereocenters. The van der Waals surface area contributed by atoms with Gasteiger partial charge in [-0.15, -0.1) is 0 Å². The molecular formula is C57H42N10O3. The van der Waals surface area contributed by atoms with Crippen molar-refractivity contribution in [2.45, 2.75) is 6.92 Å². The Bertz CT molecular complexity index is 3420. The van der Waals surface area contributed by atoms with Crippen LogP contribution in [0.15, 0.2) is 219 Å². The lowest BCUT2D eigenvalue weighted by molar-refractivity contribution is -0.114. The number of hydrogen-bond donors (Lipinski definition) is 3. The monoisotopic (exact) mass is 914 g/mol. The van der Waals surface area contributed by atoms with Crippen molar-refractivity contribution in [2.75, 3.05) is 16.0 Å². The lowest BCUT2D eigenvalue weighted by Crippen LogP contribution is -2.14. The number of aromatic nitrogens is 7. The number of nitrogens with one attached hydrogen (secondary N) is 3. The van der Waals surface area contributed by atoms with Gasteiger partial charge in [-0.25, -0.2) is 19.9 Å². The summed E-state index contributed by atoms with van der Waals surface area (Å²) in [6, 6.07) is 62.3. The Hall–Kier alpha value is -9.88. The highest BCUT2D eigenvalue weighted by atomic mass is 16.2. The van der Waals surface area contributed by atoms with Crippen LogP contribution in [0.4, 0.5) is 17.5 Å². The van der Waals surface area contributed by atoms with E-state index in [1.54, 1.807) is 42.9 Å². The Balaban J connectivity index is 0.000000131. The van der Waals surface area contributed by atoms with Crippen molar-refractivity contribution in [2.24, 2.45) is 0 Å². The number of fused-ring (bicyclic) bond motifs is 3. The molecule has 0 aliphatic rings. The Kier molecular flexibility index (Phi) is 14.0. The molecule has 11 aromatic rings. The molecule has 70 heavy (non-hydrogen) atoms. The zero-order chi connectivity index (χ0) is 48.1. The number of para-hydroxylation sites is 1. The first kappa shape index (κ1) is 45.3. The lowest BCUT2D eigenvalue weighted by atomic mass is 10.1. The second-order valence-corrected chi connectivity index (χ2v) is 15.5. The summed E-state index contributed by atoms with van der Waals surface area (Å²) in [4.78, 5) is 67.6. The molecule has 0 spiro atoms. The van der Waals surface area contributed by atoms with E-state index in [1.807, 2.05) is 176 Å². The third-order valence-electron chi connectivity index (χ3n) is 10.7. The van der Waals surface area contributed by atoms with Crippen molar-refractivity contribution in [3.8, 4) is 34.3 Å². The van der Waals surface area contributed by atoms with Crippen LogP contribution in [-0.2, 0) is 4.79 Å². The normalized spacial score (nSPS) is 10.5. The van der Waals surface area contributed by atoms with E-state index >= 15 is 0 Å². The van der Waals surface area contributed by atoms with Crippen molar-refractivity contribution < 1.29 is 14.4 Å². The van der Waals surface area contributed by atoms with Gasteiger partial charge in [-0.3, -0.25) is 29.3 Å². The van der Waals surface area contributed by atoms with E-state index in [-0.39, 0.29) is 17.7 Å². The summed E-state index contributed by atoms with van der Waals surface area (Å²) in [6.45, 7) is 1.48. The van der Waals surface area contributed by atoms with Gasteiger partial charge in [0.25, 0.3) is 11.8 Å². The minimum Gasteiger partial charge on any atom is -0.310 e. The van der Waals surface area contributed by atoms with Gasteiger partial charge in [0.05, 0.1) is 28.3 Å². The molecular weight excluding hydrogens is 873 g/mol. The summed E-state index contributed by atoms with van der Waals surface area (Å²) < 4.78 is 0. The van der Waals surface area contributed by atoms with Crippen molar-refractivity contribution in [1.29, 1.82) is 0 Å². The molecule has 5 aromatic carbocycles. The minimum absolute atomic E-state index is 0.138. The van der Waals surface area contributed by atoms with E-state index in [0.29, 0.717) is 40.1 Å². The number of benzene rings is 5. The van der Waals surface area contributed by atoms with Gasteiger partial charge >= 0.3 is 0 Å². The van der Waals surface area contributed by atoms with Crippen LogP contribution in [0.1, 0.15) is 27.6 Å². The first-order valence-electron chi connectivity index (χ1n) is 22.2. The van der Waals surface area contributed by atoms with E-state index in [1.165, 1.54) is 6.92 Å². The second-order valence-electron chi connectivity index (χ2n) is 15.5. The Morgan fingerprint density at radius 2 is 0.757 bits per heavy atom. The van der Waals surface area contributed by atoms with Crippen molar-refractivity contribution in [3.63, 3.8) is 0 Å². The summed E-state index contributed by atoms with van der Waals surface area (Å²) in [5.41, 5.74) is 5.59. The van der Waals surface area contributed by atoms with E-state index < -0.39 is 0 Å². The van der Waals surface area contributed by atoms with Crippen LogP contribution in [0.5, 0.6) is 0 Å². The number of carbonyl (C=O) groups excluding carboxylic acids is 3. The highest BCUT2D eigenvalue weighted by Gasteiger charge is 2.15. The summed E-state index contributed by atoms with van der Waals surface area (Å²) in [7, 11) is 0. The Morgan fingerprint density at radius 1 is 0.357 bits per heavy atom. The first-order chi connectivity index (χ1) is 34.4. The quantitative estimate of drug-likeness (QED) is 0.133. The van der Waals surface area contributed by atoms with Crippen LogP contribution in [-0.4, -0.2) is 52.6 Å². The third kappa shape index (κ3) is 11.0. The maximum Gasteiger partial charge on any atom is 0.256 e. The van der Waals surface area contributed by atoms with Crippen molar-refractivity contribution in [1.82, 2.24) is 34.9 Å². The molecule has 0 saturated carbocycles. The van der Waals surface area contributed by atoms with E-state index in [2.05, 4.69) is 50.8 Å². The fraction of sp³-hybridized carbons (Fsp3) is 0.0175. The molecule has 13 heteroatoms. The van der Waals surface area contributed by atoms with Gasteiger partial charge in [0.1, 0.15) is 23.1 Å². The van der Waals surface area contributed by atoms with Gasteiger partial charge in [-0.2, -0.15) is 0 Å². The minimum atomic E-state index is -0.212. The smallest absolute Gasteiger partial charge is 0.256 e. The molecule has 6 aromatic heterocycles. The largest absolute Gasteiger partial charge is 0.310 e. The maximum atomic E-state index is 12.5. The molecule has 0 aliphatic heterocycles. The zero-order valence-electron chi connectivity index (χ0n) is 37.6. The van der Waals surface area contributed by atoms with Gasteiger partial charge in [0.2, 0.25) is 5.91 Å². The molecule has 3 N–H and O–H groups in total. The van der Waals surface area contributed by atoms with Gasteiger partial charge in [-0.1, -0.05) is 115 Å². The van der Waals surface area contributed by atoms with Crippen LogP contribution in [0.3, 0.4) is 0 Å². The van der Waals surface area contributed by atoms with Crippen LogP contribution < -0.4 is 16.0 Å². The highest BCUT2D eigenvalue weighted by molar-refractivity contribution is 6.09. The fourth-order valence-electron chi connectivity index (χ4n) is 7.37. The summed E-state index contributed by atoms with van der Waals surface area (Å²) in [5, 5.41) is 13.2. The standard InChI is InChI=1S/C21H15N3O.C20H14N4O.C16H13N3O/c25-21(15-8-2-1-3-9-15)24-20-17-11-5-4-10-16(17)14-19(23-20)18-12-6-7-13-22-18;25-20(14-8-2-1-3-9-14)24-18-15-10-4-5-11-16(15)22-19(23-18)17-12-6-7-13-21-17;1-11(20)18-16-13-7-3-2-6-12(13)10-15(19-16)14-8-4-5-9-17-14/h1-14H,(H,23,24,25);1-13H,(H,22,23,24,25);2-10H,1H3,(H,18,19,20). The summed E-state index contributed by atoms with van der Waals surface area (Å²) >= 11 is 0. The molecule has 6 heterocycles. The Labute approximate surface area is 402 Å². The highest BCUT2D eigenvalue weighted by Crippen LogP contribution is 2.29. The number of carbonyl (C=O) groups is 3. The van der Waals surface area contributed by atoms with Crippen molar-refractivity contribution in [3.05, 3.63) is 230 Å². The predicted octanol–water partition coefficient (Wildman–Crippen LogP) is 11.7. The summed E-state index contributed by atoms with van der Waals surface area (Å²) in [5.74, 6) is 1.51. The average Bonchev–Trinajstić information content (AvgIpc) is 3.42. The molecule has 0 unspecified atom stereocenters. The Morgan fingerprint density at radius 3 is 1.23 bits per heavy atom. The lowest BCUT2D eigenvalue weighted by Gasteiger charge is -2.10. The molecule has 338 valence electrons. The SMILES string of the molecule is CC(=O)Nc1nc(-c2ccccn2)cc2ccccc12.O=C(Nc1nc(-c2ccccn2)cc2ccccc12)c1ccccc1.O=C(Nc1nc(-c2ccccn2)nc2ccccc12)c1ccccc1. The zero-order valence-corrected chi connectivity index (χ0v) is 37.6. The molecule has 13 nitrogen and oxygen atoms in total. The second kappa shape index (κ2) is 21.6. The fourth-order valence-corrected chi connectivity index (χ4v) is 7.37. The van der Waals surface area contributed by atoms with E-state index in [9.17, 15) is 14.4 Å². The van der Waals surface area contributed by atoms with Crippen LogP contribution in [0.2, 0.25) is 0 Å². The number of hydrogen-bond acceptors (Lipinski definition) is 10. The first-order valence-corrected chi connectivity index (χ1v) is 22.2. The summed E-state index contributed by atoms with van der Waals surface area (Å²) in [6.07, 6.45) is 5.15. The molecule has 0 radical (unpaired) electrons. The van der Waals surface area contributed by atoms with Gasteiger partial charge < -0.3 is 16.0 Å². The molecule has 0 saturated heterocycles. The third-order valence-corrected chi connectivity index (χ3v) is 10.7. The molecule has 0 fully saturated rings. The van der Waals surface area contributed by atoms with E-state index in [4.69, 9.17) is 0 Å².